The van der Waals surface area contributed by atoms with E-state index in [-0.39, 0.29) is 92.4 Å². The van der Waals surface area contributed by atoms with Crippen LogP contribution in [0.4, 0.5) is 0 Å². The normalized spacial score (nSPS) is 22.8. The number of rotatable bonds is 16. The highest BCUT2D eigenvalue weighted by molar-refractivity contribution is 5.95. The highest BCUT2D eigenvalue weighted by atomic mass is 16.5. The Morgan fingerprint density at radius 3 is 1.34 bits per heavy atom. The highest BCUT2D eigenvalue weighted by Gasteiger charge is 2.48. The number of likely N-dealkylation sites (N-methyl/N-ethyl adjacent to an activating group) is 2. The van der Waals surface area contributed by atoms with Crippen LogP contribution in [0.15, 0.2) is 48.5 Å². The second-order valence-corrected chi connectivity index (χ2v) is 21.9. The van der Waals surface area contributed by atoms with Crippen LogP contribution in [0.5, 0.6) is 0 Å². The standard InChI is InChI=1S/C56H78N8O8.C2H6.4H2/c1-35(57-9)49(65)61-47(55(3,4)5)53(69)63-33-39(31-45(63)51(67)59-43-27-19-23-37-21-13-15-25-41(37)43)71-29-17-11-12-18-30-72-40-32-46(52(68)60-44-28-20-24-38-22-14-16-26-42(38)44)64(34-40)54(70)48(56(6,7)8)62-50(66)36(2)58-10;1-2;;;;/h13-16,21-22,25-26,35-36,39-40,43-48,57-58H,19-20,23-24,27-34H2,1-10H3,(H,59,67)(H,60,68)(H,61,65)(H,62,66);1-2H3;4*1H/t35-,36-,39-,40-,43+,44+,45-,46-,47+,48+;;;;;/m0...../s1. The van der Waals surface area contributed by atoms with Crippen molar-refractivity contribution < 1.29 is 43.9 Å². The second kappa shape index (κ2) is 27.1. The van der Waals surface area contributed by atoms with E-state index in [1.165, 1.54) is 11.1 Å². The number of benzene rings is 2. The number of aryl methyl sites for hydroxylation is 2. The molecule has 2 aromatic carbocycles. The Morgan fingerprint density at radius 1 is 0.622 bits per heavy atom. The predicted molar refractivity (Wildman–Crippen MR) is 295 cm³/mol. The van der Waals surface area contributed by atoms with Gasteiger partial charge in [0.1, 0.15) is 37.4 Å². The summed E-state index contributed by atoms with van der Waals surface area (Å²) in [5.74, 6) is 9.58. The van der Waals surface area contributed by atoms with Gasteiger partial charge in [-0.1, -0.05) is 116 Å². The predicted octanol–water partition coefficient (Wildman–Crippen LogP) is 5.64. The van der Waals surface area contributed by atoms with E-state index in [0.29, 0.717) is 0 Å². The number of likely N-dealkylation sites (tertiary alicyclic amines) is 2. The Labute approximate surface area is 446 Å². The summed E-state index contributed by atoms with van der Waals surface area (Å²) in [6.45, 7) is 19.0. The molecule has 2 fully saturated rings. The summed E-state index contributed by atoms with van der Waals surface area (Å²) in [5, 5.41) is 18.2. The maximum atomic E-state index is 14.5. The molecule has 2 aliphatic carbocycles. The van der Waals surface area contributed by atoms with Gasteiger partial charge in [0.15, 0.2) is 0 Å². The van der Waals surface area contributed by atoms with Crippen LogP contribution >= 0.6 is 0 Å². The number of nitrogens with one attached hydrogen (secondary N) is 6. The van der Waals surface area contributed by atoms with Crippen molar-refractivity contribution in [3.63, 3.8) is 0 Å². The van der Waals surface area contributed by atoms with Gasteiger partial charge in [0.2, 0.25) is 35.4 Å². The first-order valence-electron chi connectivity index (χ1n) is 26.7. The van der Waals surface area contributed by atoms with Gasteiger partial charge < -0.3 is 51.2 Å². The Morgan fingerprint density at radius 2 is 0.986 bits per heavy atom. The molecule has 0 spiro atoms. The molecule has 0 saturated carbocycles. The molecule has 16 nitrogen and oxygen atoms in total. The molecule has 412 valence electrons. The van der Waals surface area contributed by atoms with E-state index in [2.05, 4.69) is 67.7 Å². The van der Waals surface area contributed by atoms with Crippen LogP contribution in [0, 0.1) is 34.5 Å². The molecule has 2 aliphatic heterocycles. The lowest BCUT2D eigenvalue weighted by atomic mass is 9.85. The topological polar surface area (TPSA) is 200 Å². The quantitative estimate of drug-likeness (QED) is 0.115. The molecule has 6 N–H and O–H groups in total. The van der Waals surface area contributed by atoms with E-state index in [1.807, 2.05) is 91.8 Å². The minimum absolute atomic E-state index is 0. The zero-order valence-corrected chi connectivity index (χ0v) is 46.0. The Hall–Kier alpha value is -5.78. The largest absolute Gasteiger partial charge is 0.364 e. The molecule has 0 aromatic heterocycles. The van der Waals surface area contributed by atoms with Crippen LogP contribution in [0.3, 0.4) is 0 Å². The number of ether oxygens (including phenoxy) is 2. The molecule has 6 amide bonds. The zero-order valence-electron chi connectivity index (χ0n) is 46.0. The molecule has 10 atom stereocenters. The van der Waals surface area contributed by atoms with Crippen molar-refractivity contribution in [2.24, 2.45) is 10.8 Å². The lowest BCUT2D eigenvalue weighted by Gasteiger charge is -2.36. The second-order valence-electron chi connectivity index (χ2n) is 21.9. The van der Waals surface area contributed by atoms with Crippen LogP contribution in [0.1, 0.15) is 148 Å². The van der Waals surface area contributed by atoms with Crippen molar-refractivity contribution in [3.05, 3.63) is 70.8 Å². The lowest BCUT2D eigenvalue weighted by molar-refractivity contribution is -0.144. The summed E-state index contributed by atoms with van der Waals surface area (Å²) >= 11 is 0. The van der Waals surface area contributed by atoms with Crippen molar-refractivity contribution in [1.82, 2.24) is 41.7 Å². The number of fused-ring (bicyclic) bond motifs is 2. The van der Waals surface area contributed by atoms with Crippen molar-refractivity contribution in [2.75, 3.05) is 40.4 Å². The van der Waals surface area contributed by atoms with Gasteiger partial charge in [-0.3, -0.25) is 28.8 Å². The molecular weight excluding hydrogens is 937 g/mol. The van der Waals surface area contributed by atoms with Crippen LogP contribution in [-0.2, 0) is 51.1 Å². The van der Waals surface area contributed by atoms with Gasteiger partial charge in [0, 0.05) is 31.6 Å². The molecule has 2 aromatic rings. The molecular formula is C58H92N8O8. The molecule has 0 bridgehead atoms. The third kappa shape index (κ3) is 15.4. The number of carbonyl (C=O) groups excluding carboxylic acids is 6. The van der Waals surface area contributed by atoms with Gasteiger partial charge in [-0.25, -0.2) is 0 Å². The summed E-state index contributed by atoms with van der Waals surface area (Å²) in [6, 6.07) is 11.3. The van der Waals surface area contributed by atoms with Gasteiger partial charge in [0.25, 0.3) is 0 Å². The smallest absolute Gasteiger partial charge is 0.246 e. The van der Waals surface area contributed by atoms with E-state index in [1.54, 1.807) is 37.7 Å². The Kier molecular flexibility index (Phi) is 21.7. The van der Waals surface area contributed by atoms with Crippen LogP contribution in [0.25, 0.3) is 0 Å². The SMILES string of the molecule is CC.CN[C@@H](C)C(=O)N[C@H](C(=O)N1C[C@@H](OCC#CC#CCO[C@H]2C[C@@H](C(=O)N[C@@H]3CCCc4ccccc43)N(C(=O)[C@@H](NC(=O)[C@H](C)NC)C(C)(C)C)C2)C[C@H]1C(=O)N[C@@H]1CCCc2ccccc21)C(C)(C)C.[HH].[HH].[HH].[HH]. The van der Waals surface area contributed by atoms with Gasteiger partial charge in [-0.05, 0) is 111 Å². The summed E-state index contributed by atoms with van der Waals surface area (Å²) in [6.07, 6.45) is 4.81. The van der Waals surface area contributed by atoms with Crippen molar-refractivity contribution >= 4 is 35.4 Å². The summed E-state index contributed by atoms with van der Waals surface area (Å²) in [5.41, 5.74) is 3.26. The van der Waals surface area contributed by atoms with Crippen molar-refractivity contribution in [3.8, 4) is 23.7 Å². The average Bonchev–Trinajstić information content (AvgIpc) is 4.02. The molecule has 2 heterocycles. The van der Waals surface area contributed by atoms with E-state index < -0.39 is 59.3 Å². The highest BCUT2D eigenvalue weighted by Crippen LogP contribution is 2.34. The maximum absolute atomic E-state index is 14.5. The van der Waals surface area contributed by atoms with E-state index in [0.717, 1.165) is 49.7 Å². The molecule has 74 heavy (non-hydrogen) atoms. The monoisotopic (exact) mass is 1030 g/mol. The molecule has 0 radical (unpaired) electrons. The lowest BCUT2D eigenvalue weighted by Crippen LogP contribution is -2.59. The van der Waals surface area contributed by atoms with Gasteiger partial charge in [0.05, 0.1) is 36.4 Å². The third-order valence-electron chi connectivity index (χ3n) is 14.5. The number of nitrogens with zero attached hydrogens (tertiary/aromatic N) is 2. The summed E-state index contributed by atoms with van der Waals surface area (Å²) < 4.78 is 12.4. The number of hydrogen-bond donors (Lipinski definition) is 6. The van der Waals surface area contributed by atoms with Crippen LogP contribution in [0.2, 0.25) is 0 Å². The number of amides is 6. The van der Waals surface area contributed by atoms with Gasteiger partial charge in [-0.15, -0.1) is 0 Å². The first-order valence-corrected chi connectivity index (χ1v) is 26.7. The fourth-order valence-electron chi connectivity index (χ4n) is 10.1. The minimum Gasteiger partial charge on any atom is -0.364 e. The first-order chi connectivity index (χ1) is 35.2. The van der Waals surface area contributed by atoms with Gasteiger partial charge in [-0.2, -0.15) is 0 Å². The van der Waals surface area contributed by atoms with Crippen molar-refractivity contribution in [2.45, 2.75) is 181 Å². The maximum Gasteiger partial charge on any atom is 0.246 e. The van der Waals surface area contributed by atoms with Crippen LogP contribution < -0.4 is 31.9 Å². The first kappa shape index (κ1) is 59.1. The van der Waals surface area contributed by atoms with E-state index in [4.69, 9.17) is 9.47 Å². The minimum atomic E-state index is -0.904. The third-order valence-corrected chi connectivity index (χ3v) is 14.5. The Balaban J connectivity index is 0.00000501. The molecule has 0 unspecified atom stereocenters. The van der Waals surface area contributed by atoms with Gasteiger partial charge >= 0.3 is 0 Å². The fraction of sp³-hybridized carbons (Fsp3) is 0.621. The average molecular weight is 1030 g/mol. The molecule has 2 saturated heterocycles. The number of hydrogen-bond acceptors (Lipinski definition) is 10. The number of carbonyl (C=O) groups is 6. The molecule has 6 rings (SSSR count). The fourth-order valence-corrected chi connectivity index (χ4v) is 10.1. The summed E-state index contributed by atoms with van der Waals surface area (Å²) in [4.78, 5) is 86.6. The zero-order chi connectivity index (χ0) is 54.3. The van der Waals surface area contributed by atoms with E-state index >= 15 is 0 Å². The molecule has 16 heteroatoms. The Bertz CT molecular complexity index is 2260. The van der Waals surface area contributed by atoms with Crippen molar-refractivity contribution in [1.29, 1.82) is 0 Å². The van der Waals surface area contributed by atoms with E-state index in [9.17, 15) is 28.8 Å². The summed E-state index contributed by atoms with van der Waals surface area (Å²) in [7, 11) is 3.36. The van der Waals surface area contributed by atoms with Crippen LogP contribution in [-0.4, -0.2) is 134 Å². The molecule has 4 aliphatic rings.